The van der Waals surface area contributed by atoms with Crippen LogP contribution in [0.5, 0.6) is 5.75 Å². The van der Waals surface area contributed by atoms with Crippen molar-refractivity contribution < 1.29 is 13.2 Å². The summed E-state index contributed by atoms with van der Waals surface area (Å²) in [6.45, 7) is 1.95. The lowest BCUT2D eigenvalue weighted by molar-refractivity contribution is 0.402. The van der Waals surface area contributed by atoms with Crippen LogP contribution in [-0.4, -0.2) is 26.3 Å². The summed E-state index contributed by atoms with van der Waals surface area (Å²) in [6.07, 6.45) is 1.51. The number of fused-ring (bicyclic) bond motifs is 1. The average molecular weight is 392 g/mol. The number of sulfonamides is 1. The molecule has 2 aromatic carbocycles. The van der Waals surface area contributed by atoms with Gasteiger partial charge in [0.25, 0.3) is 10.0 Å². The highest BCUT2D eigenvalue weighted by Gasteiger charge is 2.19. The fraction of sp³-hybridized carbons (Fsp3) is 0.167. The van der Waals surface area contributed by atoms with Gasteiger partial charge in [0.1, 0.15) is 10.6 Å². The van der Waals surface area contributed by atoms with E-state index in [2.05, 4.69) is 9.93 Å². The Balaban J connectivity index is 1.94. The lowest BCUT2D eigenvalue weighted by atomic mass is 10.1. The molecule has 0 spiro atoms. The fourth-order valence-electron chi connectivity index (χ4n) is 2.78. The molecule has 0 amide bonds. The molecule has 8 heteroatoms. The van der Waals surface area contributed by atoms with Crippen LogP contribution in [0.1, 0.15) is 11.3 Å². The van der Waals surface area contributed by atoms with E-state index in [9.17, 15) is 8.42 Å². The molecule has 0 bridgehead atoms. The van der Waals surface area contributed by atoms with Crippen LogP contribution in [0.2, 0.25) is 5.02 Å². The van der Waals surface area contributed by atoms with Crippen LogP contribution in [-0.2, 0) is 17.1 Å². The summed E-state index contributed by atoms with van der Waals surface area (Å²) in [5.74, 6) is 0.193. The van der Waals surface area contributed by atoms with E-state index >= 15 is 0 Å². The minimum atomic E-state index is -3.92. The van der Waals surface area contributed by atoms with E-state index in [0.29, 0.717) is 5.02 Å². The Kier molecular flexibility index (Phi) is 4.93. The summed E-state index contributed by atoms with van der Waals surface area (Å²) in [7, 11) is -0.571. The predicted octanol–water partition coefficient (Wildman–Crippen LogP) is 3.46. The number of nitrogens with zero attached hydrogens (tertiary/aromatic N) is 2. The van der Waals surface area contributed by atoms with Gasteiger partial charge in [0, 0.05) is 34.2 Å². The zero-order valence-corrected chi connectivity index (χ0v) is 16.1. The molecule has 1 aromatic heterocycles. The maximum Gasteiger partial charge on any atom is 0.280 e. The molecule has 136 valence electrons. The van der Waals surface area contributed by atoms with Crippen molar-refractivity contribution in [1.29, 1.82) is 0 Å². The third kappa shape index (κ3) is 3.27. The van der Waals surface area contributed by atoms with Crippen LogP contribution < -0.4 is 9.57 Å². The Labute approximate surface area is 157 Å². The minimum absolute atomic E-state index is 0.0701. The Morgan fingerprint density at radius 3 is 2.69 bits per heavy atom. The number of hydrogen-bond acceptors (Lipinski definition) is 4. The Morgan fingerprint density at radius 2 is 1.96 bits per heavy atom. The largest absolute Gasteiger partial charge is 0.495 e. The molecule has 0 saturated heterocycles. The molecule has 3 aromatic rings. The smallest absolute Gasteiger partial charge is 0.280 e. The van der Waals surface area contributed by atoms with Gasteiger partial charge in [-0.15, -0.1) is 0 Å². The molecule has 0 saturated carbocycles. The first kappa shape index (κ1) is 18.3. The van der Waals surface area contributed by atoms with Crippen molar-refractivity contribution in [2.45, 2.75) is 11.8 Å². The highest BCUT2D eigenvalue weighted by atomic mass is 35.5. The molecule has 0 aliphatic rings. The quantitative estimate of drug-likeness (QED) is 0.534. The van der Waals surface area contributed by atoms with Gasteiger partial charge in [-0.3, -0.25) is 0 Å². The molecule has 0 fully saturated rings. The van der Waals surface area contributed by atoms with Crippen molar-refractivity contribution in [3.63, 3.8) is 0 Å². The average Bonchev–Trinajstić information content (AvgIpc) is 2.87. The van der Waals surface area contributed by atoms with Crippen LogP contribution in [0.4, 0.5) is 0 Å². The zero-order valence-electron chi connectivity index (χ0n) is 14.5. The van der Waals surface area contributed by atoms with Gasteiger partial charge in [0.2, 0.25) is 0 Å². The van der Waals surface area contributed by atoms with E-state index in [1.165, 1.54) is 25.5 Å². The number of ether oxygens (including phenoxy) is 1. The molecule has 0 atom stereocenters. The molecule has 1 N–H and O–H groups in total. The summed E-state index contributed by atoms with van der Waals surface area (Å²) in [4.78, 5) is 2.15. The van der Waals surface area contributed by atoms with Gasteiger partial charge < -0.3 is 9.30 Å². The molecular weight excluding hydrogens is 374 g/mol. The number of aryl methyl sites for hydroxylation is 1. The molecule has 0 aliphatic carbocycles. The topological polar surface area (TPSA) is 72.7 Å². The summed E-state index contributed by atoms with van der Waals surface area (Å²) in [6, 6.07) is 12.2. The van der Waals surface area contributed by atoms with Crippen LogP contribution in [0, 0.1) is 6.92 Å². The first-order valence-electron chi connectivity index (χ1n) is 7.77. The van der Waals surface area contributed by atoms with Gasteiger partial charge in [-0.2, -0.15) is 18.4 Å². The summed E-state index contributed by atoms with van der Waals surface area (Å²) >= 11 is 5.91. The summed E-state index contributed by atoms with van der Waals surface area (Å²) in [5, 5.41) is 5.23. The molecule has 0 aliphatic heterocycles. The second-order valence-electron chi connectivity index (χ2n) is 5.72. The van der Waals surface area contributed by atoms with Crippen molar-refractivity contribution in [2.75, 3.05) is 7.11 Å². The zero-order chi connectivity index (χ0) is 18.9. The van der Waals surface area contributed by atoms with Gasteiger partial charge in [-0.1, -0.05) is 29.8 Å². The Hall–Kier alpha value is -2.51. The first-order chi connectivity index (χ1) is 12.3. The number of hydrazone groups is 1. The van der Waals surface area contributed by atoms with Crippen molar-refractivity contribution in [1.82, 2.24) is 9.40 Å². The van der Waals surface area contributed by atoms with Crippen molar-refractivity contribution in [3.05, 3.63) is 58.7 Å². The minimum Gasteiger partial charge on any atom is -0.495 e. The van der Waals surface area contributed by atoms with E-state index < -0.39 is 10.0 Å². The normalized spacial score (nSPS) is 12.0. The maximum absolute atomic E-state index is 12.5. The van der Waals surface area contributed by atoms with E-state index in [4.69, 9.17) is 16.3 Å². The number of aromatic nitrogens is 1. The van der Waals surface area contributed by atoms with Crippen LogP contribution >= 0.6 is 11.6 Å². The molecular formula is C18H18ClN3O3S. The van der Waals surface area contributed by atoms with E-state index in [1.807, 2.05) is 42.8 Å². The number of benzene rings is 2. The second kappa shape index (κ2) is 7.01. The molecule has 0 radical (unpaired) electrons. The SMILES string of the molecule is COc1ccc(Cl)cc1S(=O)(=O)N/N=C/c1c(C)n(C)c2ccccc12. The maximum atomic E-state index is 12.5. The molecule has 0 unspecified atom stereocenters. The summed E-state index contributed by atoms with van der Waals surface area (Å²) in [5.41, 5.74) is 2.88. The standard InChI is InChI=1S/C18H18ClN3O3S/c1-12-15(14-6-4-5-7-16(14)22(12)2)11-20-21-26(23,24)18-10-13(19)8-9-17(18)25-3/h4-11,21H,1-3H3/b20-11+. The van der Waals surface area contributed by atoms with Crippen LogP contribution in [0.15, 0.2) is 52.5 Å². The highest BCUT2D eigenvalue weighted by Crippen LogP contribution is 2.27. The molecule has 1 heterocycles. The lowest BCUT2D eigenvalue weighted by Gasteiger charge is -2.09. The lowest BCUT2D eigenvalue weighted by Crippen LogP contribution is -2.19. The third-order valence-corrected chi connectivity index (χ3v) is 5.71. The number of halogens is 1. The Bertz CT molecular complexity index is 1100. The van der Waals surface area contributed by atoms with Gasteiger partial charge >= 0.3 is 0 Å². The number of hydrogen-bond donors (Lipinski definition) is 1. The Morgan fingerprint density at radius 1 is 1.23 bits per heavy atom. The third-order valence-electron chi connectivity index (χ3n) is 4.23. The van der Waals surface area contributed by atoms with Gasteiger partial charge in [-0.25, -0.2) is 0 Å². The monoisotopic (exact) mass is 391 g/mol. The second-order valence-corrected chi connectivity index (χ2v) is 7.79. The number of para-hydroxylation sites is 1. The molecule has 26 heavy (non-hydrogen) atoms. The fourth-order valence-corrected chi connectivity index (χ4v) is 4.01. The van der Waals surface area contributed by atoms with Crippen LogP contribution in [0.3, 0.4) is 0 Å². The number of rotatable bonds is 5. The predicted molar refractivity (Wildman–Crippen MR) is 104 cm³/mol. The molecule has 6 nitrogen and oxygen atoms in total. The van der Waals surface area contributed by atoms with E-state index in [1.54, 1.807) is 6.07 Å². The number of nitrogens with one attached hydrogen (secondary N) is 1. The van der Waals surface area contributed by atoms with Gasteiger partial charge in [-0.05, 0) is 31.2 Å². The highest BCUT2D eigenvalue weighted by molar-refractivity contribution is 7.89. The first-order valence-corrected chi connectivity index (χ1v) is 9.63. The number of methoxy groups -OCH3 is 1. The van der Waals surface area contributed by atoms with Gasteiger partial charge in [0.15, 0.2) is 0 Å². The van der Waals surface area contributed by atoms with Crippen molar-refractivity contribution in [3.8, 4) is 5.75 Å². The van der Waals surface area contributed by atoms with Crippen molar-refractivity contribution >= 4 is 38.7 Å². The van der Waals surface area contributed by atoms with Gasteiger partial charge in [0.05, 0.1) is 13.3 Å². The summed E-state index contributed by atoms with van der Waals surface area (Å²) < 4.78 is 32.2. The van der Waals surface area contributed by atoms with E-state index in [0.717, 1.165) is 22.2 Å². The van der Waals surface area contributed by atoms with E-state index in [-0.39, 0.29) is 10.6 Å². The van der Waals surface area contributed by atoms with Crippen LogP contribution in [0.25, 0.3) is 10.9 Å². The molecule has 3 rings (SSSR count). The van der Waals surface area contributed by atoms with Crippen molar-refractivity contribution in [2.24, 2.45) is 12.1 Å².